The molecule has 1 heterocycles. The Labute approximate surface area is 163 Å². The predicted molar refractivity (Wildman–Crippen MR) is 102 cm³/mol. The minimum absolute atomic E-state index is 0.0574. The number of halogens is 3. The lowest BCUT2D eigenvalue weighted by Gasteiger charge is -2.35. The van der Waals surface area contributed by atoms with E-state index in [1.165, 1.54) is 6.07 Å². The van der Waals surface area contributed by atoms with E-state index in [1.54, 1.807) is 15.9 Å². The maximum Gasteiger partial charge on any atom is 0.255 e. The van der Waals surface area contributed by atoms with Crippen LogP contribution in [0.4, 0.5) is 8.78 Å². The molecule has 0 radical (unpaired) electrons. The third-order valence-electron chi connectivity index (χ3n) is 4.44. The van der Waals surface area contributed by atoms with Crippen molar-refractivity contribution in [2.24, 2.45) is 0 Å². The molecule has 1 aliphatic rings. The Morgan fingerprint density at radius 2 is 1.54 bits per heavy atom. The lowest BCUT2D eigenvalue weighted by Crippen LogP contribution is -2.50. The van der Waals surface area contributed by atoms with Gasteiger partial charge >= 0.3 is 0 Å². The average Bonchev–Trinajstić information content (AvgIpc) is 2.65. The van der Waals surface area contributed by atoms with Crippen molar-refractivity contribution in [3.63, 3.8) is 0 Å². The summed E-state index contributed by atoms with van der Waals surface area (Å²) in [7, 11) is 0. The van der Waals surface area contributed by atoms with Crippen LogP contribution in [-0.4, -0.2) is 47.8 Å². The van der Waals surface area contributed by atoms with E-state index in [0.29, 0.717) is 31.7 Å². The molecule has 0 spiro atoms. The maximum absolute atomic E-state index is 13.3. The van der Waals surface area contributed by atoms with Crippen molar-refractivity contribution in [1.82, 2.24) is 9.80 Å². The Bertz CT molecular complexity index is 865. The summed E-state index contributed by atoms with van der Waals surface area (Å²) in [6.07, 6.45) is 0. The van der Waals surface area contributed by atoms with Crippen molar-refractivity contribution in [3.8, 4) is 0 Å². The van der Waals surface area contributed by atoms with Gasteiger partial charge < -0.3 is 9.80 Å². The van der Waals surface area contributed by atoms with E-state index in [0.717, 1.165) is 21.3 Å². The van der Waals surface area contributed by atoms with Gasteiger partial charge in [-0.25, -0.2) is 8.78 Å². The largest absolute Gasteiger partial charge is 0.335 e. The van der Waals surface area contributed by atoms with Crippen molar-refractivity contribution in [3.05, 3.63) is 68.3 Å². The van der Waals surface area contributed by atoms with Crippen LogP contribution in [0.2, 0.25) is 0 Å². The first-order valence-electron chi connectivity index (χ1n) is 8.17. The minimum atomic E-state index is -1.04. The van der Waals surface area contributed by atoms with E-state index in [2.05, 4.69) is 22.6 Å². The smallest absolute Gasteiger partial charge is 0.255 e. The summed E-state index contributed by atoms with van der Waals surface area (Å²) in [6.45, 7) is 3.46. The van der Waals surface area contributed by atoms with Gasteiger partial charge in [-0.1, -0.05) is 12.1 Å². The van der Waals surface area contributed by atoms with Gasteiger partial charge in [0, 0.05) is 35.3 Å². The molecule has 2 aromatic rings. The normalized spacial score (nSPS) is 14.5. The number of aryl methyl sites for hydroxylation is 1. The van der Waals surface area contributed by atoms with Crippen LogP contribution in [0.15, 0.2) is 36.4 Å². The Morgan fingerprint density at radius 1 is 0.923 bits per heavy atom. The highest BCUT2D eigenvalue weighted by molar-refractivity contribution is 14.1. The summed E-state index contributed by atoms with van der Waals surface area (Å²) in [5.41, 5.74) is 1.81. The van der Waals surface area contributed by atoms with Crippen molar-refractivity contribution >= 4 is 34.4 Å². The second-order valence-electron chi connectivity index (χ2n) is 6.15. The highest BCUT2D eigenvalue weighted by atomic mass is 127. The molecule has 0 aromatic heterocycles. The van der Waals surface area contributed by atoms with Gasteiger partial charge in [0.15, 0.2) is 11.6 Å². The van der Waals surface area contributed by atoms with Gasteiger partial charge in [-0.3, -0.25) is 9.59 Å². The maximum atomic E-state index is 13.3. The molecule has 26 heavy (non-hydrogen) atoms. The molecule has 3 rings (SSSR count). The summed E-state index contributed by atoms with van der Waals surface area (Å²) < 4.78 is 27.3. The molecule has 1 fully saturated rings. The molecule has 2 aromatic carbocycles. The van der Waals surface area contributed by atoms with E-state index in [4.69, 9.17) is 0 Å². The molecule has 0 aliphatic carbocycles. The second-order valence-corrected chi connectivity index (χ2v) is 7.23. The van der Waals surface area contributed by atoms with E-state index >= 15 is 0 Å². The fraction of sp³-hybridized carbons (Fsp3) is 0.263. The highest BCUT2D eigenvalue weighted by Crippen LogP contribution is 2.20. The van der Waals surface area contributed by atoms with Crippen molar-refractivity contribution < 1.29 is 18.4 Å². The molecule has 1 aliphatic heterocycles. The van der Waals surface area contributed by atoms with Gasteiger partial charge in [0.25, 0.3) is 11.8 Å². The summed E-state index contributed by atoms with van der Waals surface area (Å²) in [6, 6.07) is 8.74. The SMILES string of the molecule is Cc1cccc(C(=O)N2CCN(C(=O)c3ccc(F)c(F)c3)CC2)c1I. The predicted octanol–water partition coefficient (Wildman–Crippen LogP) is 3.48. The van der Waals surface area contributed by atoms with E-state index in [9.17, 15) is 18.4 Å². The molecule has 2 amide bonds. The summed E-state index contributed by atoms with van der Waals surface area (Å²) in [4.78, 5) is 28.4. The van der Waals surface area contributed by atoms with Crippen LogP contribution >= 0.6 is 22.6 Å². The number of hydrogen-bond donors (Lipinski definition) is 0. The molecule has 1 saturated heterocycles. The van der Waals surface area contributed by atoms with E-state index in [1.807, 2.05) is 19.1 Å². The number of carbonyl (C=O) groups is 2. The summed E-state index contributed by atoms with van der Waals surface area (Å²) >= 11 is 2.17. The van der Waals surface area contributed by atoms with Gasteiger partial charge in [0.2, 0.25) is 0 Å². The Kier molecular flexibility index (Phi) is 5.55. The van der Waals surface area contributed by atoms with Crippen LogP contribution in [0.5, 0.6) is 0 Å². The second kappa shape index (κ2) is 7.69. The van der Waals surface area contributed by atoms with Gasteiger partial charge in [-0.2, -0.15) is 0 Å². The third-order valence-corrected chi connectivity index (χ3v) is 5.87. The first-order chi connectivity index (χ1) is 12.4. The molecule has 0 N–H and O–H groups in total. The van der Waals surface area contributed by atoms with Crippen LogP contribution in [0.25, 0.3) is 0 Å². The third kappa shape index (κ3) is 3.72. The monoisotopic (exact) mass is 470 g/mol. The van der Waals surface area contributed by atoms with E-state index in [-0.39, 0.29) is 17.4 Å². The standard InChI is InChI=1S/C19H17F2IN2O2/c1-12-3-2-4-14(17(12)22)19(26)24-9-7-23(8-10-24)18(25)13-5-6-15(20)16(21)11-13/h2-6,11H,7-10H2,1H3. The van der Waals surface area contributed by atoms with Gasteiger partial charge in [-0.15, -0.1) is 0 Å². The molecule has 0 atom stereocenters. The minimum Gasteiger partial charge on any atom is -0.335 e. The molecule has 136 valence electrons. The van der Waals surface area contributed by atoms with Crippen LogP contribution in [0.3, 0.4) is 0 Å². The Balaban J connectivity index is 1.67. The van der Waals surface area contributed by atoms with E-state index < -0.39 is 11.6 Å². The van der Waals surface area contributed by atoms with Crippen LogP contribution in [0, 0.1) is 22.1 Å². The number of carbonyl (C=O) groups excluding carboxylic acids is 2. The van der Waals surface area contributed by atoms with Crippen molar-refractivity contribution in [1.29, 1.82) is 0 Å². The number of benzene rings is 2. The lowest BCUT2D eigenvalue weighted by molar-refractivity contribution is 0.0534. The quantitative estimate of drug-likeness (QED) is 0.631. The molecule has 4 nitrogen and oxygen atoms in total. The van der Waals surface area contributed by atoms with Crippen LogP contribution < -0.4 is 0 Å². The molecular formula is C19H17F2IN2O2. The zero-order valence-electron chi connectivity index (χ0n) is 14.1. The molecular weight excluding hydrogens is 453 g/mol. The first-order valence-corrected chi connectivity index (χ1v) is 9.25. The fourth-order valence-electron chi connectivity index (χ4n) is 2.91. The van der Waals surface area contributed by atoms with Crippen molar-refractivity contribution in [2.75, 3.05) is 26.2 Å². The number of nitrogens with zero attached hydrogens (tertiary/aromatic N) is 2. The zero-order valence-corrected chi connectivity index (χ0v) is 16.3. The Hall–Kier alpha value is -2.03. The summed E-state index contributed by atoms with van der Waals surface area (Å²) in [5.74, 6) is -2.44. The fourth-order valence-corrected chi connectivity index (χ4v) is 3.50. The molecule has 7 heteroatoms. The van der Waals surface area contributed by atoms with Gasteiger partial charge in [0.05, 0.1) is 5.56 Å². The number of piperazine rings is 1. The van der Waals surface area contributed by atoms with Crippen LogP contribution in [0.1, 0.15) is 26.3 Å². The zero-order chi connectivity index (χ0) is 18.8. The van der Waals surface area contributed by atoms with Gasteiger partial charge in [0.1, 0.15) is 0 Å². The number of hydrogen-bond acceptors (Lipinski definition) is 2. The molecule has 0 saturated carbocycles. The van der Waals surface area contributed by atoms with Gasteiger partial charge in [-0.05, 0) is 59.3 Å². The number of amides is 2. The topological polar surface area (TPSA) is 40.6 Å². The lowest BCUT2D eigenvalue weighted by atomic mass is 10.1. The highest BCUT2D eigenvalue weighted by Gasteiger charge is 2.27. The molecule has 0 unspecified atom stereocenters. The first kappa shape index (κ1) is 18.8. The summed E-state index contributed by atoms with van der Waals surface area (Å²) in [5, 5.41) is 0. The molecule has 0 bridgehead atoms. The Morgan fingerprint density at radius 3 is 2.15 bits per heavy atom. The number of rotatable bonds is 2. The average molecular weight is 470 g/mol. The van der Waals surface area contributed by atoms with Crippen molar-refractivity contribution in [2.45, 2.75) is 6.92 Å². The van der Waals surface area contributed by atoms with Crippen LogP contribution in [-0.2, 0) is 0 Å².